The van der Waals surface area contributed by atoms with Crippen LogP contribution in [-0.2, 0) is 6.42 Å². The molecule has 0 atom stereocenters. The van der Waals surface area contributed by atoms with Gasteiger partial charge in [0.15, 0.2) is 0 Å². The Hall–Kier alpha value is -0.780. The van der Waals surface area contributed by atoms with Crippen molar-refractivity contribution in [1.82, 2.24) is 0 Å². The molecule has 1 aromatic rings. The second-order valence-corrected chi connectivity index (χ2v) is 4.21. The summed E-state index contributed by atoms with van der Waals surface area (Å²) in [5, 5.41) is 0. The fourth-order valence-corrected chi connectivity index (χ4v) is 1.59. The summed E-state index contributed by atoms with van der Waals surface area (Å²) >= 11 is 0. The van der Waals surface area contributed by atoms with E-state index in [2.05, 4.69) is 45.0 Å². The Morgan fingerprint density at radius 3 is 2.46 bits per heavy atom. The van der Waals surface area contributed by atoms with E-state index in [1.165, 1.54) is 30.4 Å². The lowest BCUT2D eigenvalue weighted by Gasteiger charge is -2.06. The summed E-state index contributed by atoms with van der Waals surface area (Å²) < 4.78 is 0. The molecule has 1 aromatic carbocycles. The molecule has 0 aliphatic carbocycles. The molecule has 1 rings (SSSR count). The van der Waals surface area contributed by atoms with Crippen molar-refractivity contribution in [2.24, 2.45) is 5.92 Å². The lowest BCUT2D eigenvalue weighted by Crippen LogP contribution is -1.92. The first-order chi connectivity index (χ1) is 6.20. The molecule has 0 spiro atoms. The maximum Gasteiger partial charge on any atom is -0.0276 e. The Morgan fingerprint density at radius 2 is 1.85 bits per heavy atom. The first-order valence-corrected chi connectivity index (χ1v) is 5.24. The topological polar surface area (TPSA) is 0 Å². The van der Waals surface area contributed by atoms with Crippen molar-refractivity contribution in [3.63, 3.8) is 0 Å². The Labute approximate surface area is 82.0 Å². The minimum Gasteiger partial charge on any atom is -0.0628 e. The average molecular weight is 176 g/mol. The zero-order valence-electron chi connectivity index (χ0n) is 9.01. The quantitative estimate of drug-likeness (QED) is 0.651. The van der Waals surface area contributed by atoms with Crippen LogP contribution in [0.25, 0.3) is 0 Å². The molecular formula is C13H20. The van der Waals surface area contributed by atoms with Crippen molar-refractivity contribution in [3.05, 3.63) is 35.4 Å². The van der Waals surface area contributed by atoms with Gasteiger partial charge in [0, 0.05) is 0 Å². The van der Waals surface area contributed by atoms with Gasteiger partial charge < -0.3 is 0 Å². The van der Waals surface area contributed by atoms with Crippen molar-refractivity contribution in [2.75, 3.05) is 0 Å². The third kappa shape index (κ3) is 3.63. The molecule has 0 radical (unpaired) electrons. The maximum absolute atomic E-state index is 2.29. The molecule has 0 heterocycles. The average Bonchev–Trinajstić information content (AvgIpc) is 2.08. The van der Waals surface area contributed by atoms with Crippen molar-refractivity contribution >= 4 is 0 Å². The Bertz CT molecular complexity index is 248. The first kappa shape index (κ1) is 10.3. The SMILES string of the molecule is Cc1ccccc1CCCC(C)C. The van der Waals surface area contributed by atoms with E-state index in [0.717, 1.165) is 5.92 Å². The first-order valence-electron chi connectivity index (χ1n) is 5.24. The van der Waals surface area contributed by atoms with E-state index in [1.807, 2.05) is 0 Å². The van der Waals surface area contributed by atoms with E-state index in [-0.39, 0.29) is 0 Å². The number of rotatable bonds is 4. The minimum absolute atomic E-state index is 0.837. The van der Waals surface area contributed by atoms with Crippen LogP contribution in [0, 0.1) is 12.8 Å². The molecule has 0 nitrogen and oxygen atoms in total. The van der Waals surface area contributed by atoms with Crippen molar-refractivity contribution in [3.8, 4) is 0 Å². The van der Waals surface area contributed by atoms with Gasteiger partial charge in [-0.05, 0) is 36.8 Å². The lowest BCUT2D eigenvalue weighted by molar-refractivity contribution is 0.555. The van der Waals surface area contributed by atoms with E-state index >= 15 is 0 Å². The Morgan fingerprint density at radius 1 is 1.15 bits per heavy atom. The van der Waals surface area contributed by atoms with Crippen LogP contribution in [0.2, 0.25) is 0 Å². The van der Waals surface area contributed by atoms with Crippen LogP contribution < -0.4 is 0 Å². The van der Waals surface area contributed by atoms with Gasteiger partial charge in [0.25, 0.3) is 0 Å². The molecule has 0 aromatic heterocycles. The predicted molar refractivity (Wildman–Crippen MR) is 59.0 cm³/mol. The van der Waals surface area contributed by atoms with Gasteiger partial charge in [-0.3, -0.25) is 0 Å². The molecule has 0 heteroatoms. The number of hydrogen-bond donors (Lipinski definition) is 0. The summed E-state index contributed by atoms with van der Waals surface area (Å²) in [7, 11) is 0. The van der Waals surface area contributed by atoms with Crippen LogP contribution in [0.1, 0.15) is 37.8 Å². The monoisotopic (exact) mass is 176 g/mol. The zero-order chi connectivity index (χ0) is 9.68. The number of aryl methyl sites for hydroxylation is 2. The molecule has 0 amide bonds. The van der Waals surface area contributed by atoms with Crippen molar-refractivity contribution in [2.45, 2.75) is 40.0 Å². The van der Waals surface area contributed by atoms with E-state index in [0.29, 0.717) is 0 Å². The van der Waals surface area contributed by atoms with Gasteiger partial charge in [0.1, 0.15) is 0 Å². The summed E-state index contributed by atoms with van der Waals surface area (Å²) in [6, 6.07) is 8.69. The van der Waals surface area contributed by atoms with Gasteiger partial charge in [0.05, 0.1) is 0 Å². The molecule has 0 saturated carbocycles. The van der Waals surface area contributed by atoms with Crippen LogP contribution in [0.5, 0.6) is 0 Å². The van der Waals surface area contributed by atoms with E-state index in [9.17, 15) is 0 Å². The highest BCUT2D eigenvalue weighted by Crippen LogP contribution is 2.12. The standard InChI is InChI=1S/C13H20/c1-11(2)7-6-10-13-9-5-4-8-12(13)3/h4-5,8-9,11H,6-7,10H2,1-3H3. The van der Waals surface area contributed by atoms with Gasteiger partial charge in [0.2, 0.25) is 0 Å². The largest absolute Gasteiger partial charge is 0.0628 e. The van der Waals surface area contributed by atoms with Gasteiger partial charge in [-0.1, -0.05) is 44.5 Å². The van der Waals surface area contributed by atoms with Crippen LogP contribution in [0.3, 0.4) is 0 Å². The lowest BCUT2D eigenvalue weighted by atomic mass is 10.00. The molecule has 72 valence electrons. The fourth-order valence-electron chi connectivity index (χ4n) is 1.59. The van der Waals surface area contributed by atoms with Gasteiger partial charge in [-0.25, -0.2) is 0 Å². The number of hydrogen-bond acceptors (Lipinski definition) is 0. The molecule has 13 heavy (non-hydrogen) atoms. The Kier molecular flexibility index (Phi) is 4.01. The van der Waals surface area contributed by atoms with Crippen molar-refractivity contribution in [1.29, 1.82) is 0 Å². The molecule has 0 aliphatic heterocycles. The molecule has 0 N–H and O–H groups in total. The number of benzene rings is 1. The normalized spacial score (nSPS) is 10.8. The summed E-state index contributed by atoms with van der Waals surface area (Å²) in [5.74, 6) is 0.837. The molecule has 0 saturated heterocycles. The second kappa shape index (κ2) is 5.06. The maximum atomic E-state index is 2.29. The third-order valence-corrected chi connectivity index (χ3v) is 2.49. The van der Waals surface area contributed by atoms with E-state index in [1.54, 1.807) is 0 Å². The highest BCUT2D eigenvalue weighted by Gasteiger charge is 1.98. The van der Waals surface area contributed by atoms with E-state index in [4.69, 9.17) is 0 Å². The summed E-state index contributed by atoms with van der Waals surface area (Å²) in [6.45, 7) is 6.78. The van der Waals surface area contributed by atoms with E-state index < -0.39 is 0 Å². The summed E-state index contributed by atoms with van der Waals surface area (Å²) in [6.07, 6.45) is 3.90. The highest BCUT2D eigenvalue weighted by molar-refractivity contribution is 5.25. The molecule has 0 fully saturated rings. The molecule has 0 bridgehead atoms. The zero-order valence-corrected chi connectivity index (χ0v) is 9.01. The molecule has 0 aliphatic rings. The Balaban J connectivity index is 2.41. The minimum atomic E-state index is 0.837. The van der Waals surface area contributed by atoms with Gasteiger partial charge in [-0.2, -0.15) is 0 Å². The second-order valence-electron chi connectivity index (χ2n) is 4.21. The van der Waals surface area contributed by atoms with Crippen LogP contribution in [0.4, 0.5) is 0 Å². The van der Waals surface area contributed by atoms with Gasteiger partial charge >= 0.3 is 0 Å². The third-order valence-electron chi connectivity index (χ3n) is 2.49. The molecular weight excluding hydrogens is 156 g/mol. The highest BCUT2D eigenvalue weighted by atomic mass is 14.0. The van der Waals surface area contributed by atoms with Crippen LogP contribution >= 0.6 is 0 Å². The fraction of sp³-hybridized carbons (Fsp3) is 0.538. The van der Waals surface area contributed by atoms with Gasteiger partial charge in [-0.15, -0.1) is 0 Å². The summed E-state index contributed by atoms with van der Waals surface area (Å²) in [5.41, 5.74) is 2.95. The molecule has 0 unspecified atom stereocenters. The summed E-state index contributed by atoms with van der Waals surface area (Å²) in [4.78, 5) is 0. The van der Waals surface area contributed by atoms with Crippen molar-refractivity contribution < 1.29 is 0 Å². The van der Waals surface area contributed by atoms with Crippen LogP contribution in [-0.4, -0.2) is 0 Å². The predicted octanol–water partition coefficient (Wildman–Crippen LogP) is 3.97. The van der Waals surface area contributed by atoms with Crippen LogP contribution in [0.15, 0.2) is 24.3 Å². The smallest absolute Gasteiger partial charge is 0.0276 e.